The summed E-state index contributed by atoms with van der Waals surface area (Å²) in [6.45, 7) is 2.94. The van der Waals surface area contributed by atoms with E-state index in [0.717, 1.165) is 24.5 Å². The molecule has 1 aromatic rings. The first-order valence-electron chi connectivity index (χ1n) is 6.65. The van der Waals surface area contributed by atoms with Crippen molar-refractivity contribution in [2.24, 2.45) is 0 Å². The van der Waals surface area contributed by atoms with E-state index in [1.807, 2.05) is 12.1 Å². The summed E-state index contributed by atoms with van der Waals surface area (Å²) in [5.74, 6) is 0.968. The number of fused-ring (bicyclic) bond motifs is 1. The third-order valence-electron chi connectivity index (χ3n) is 3.54. The summed E-state index contributed by atoms with van der Waals surface area (Å²) in [4.78, 5) is 13.5. The van der Waals surface area contributed by atoms with Gasteiger partial charge in [-0.25, -0.2) is 0 Å². The second-order valence-corrected chi connectivity index (χ2v) is 5.93. The Morgan fingerprint density at radius 3 is 3.21 bits per heavy atom. The van der Waals surface area contributed by atoms with Crippen LogP contribution in [-0.4, -0.2) is 44.0 Å². The molecule has 2 N–H and O–H groups in total. The van der Waals surface area contributed by atoms with Gasteiger partial charge in [-0.05, 0) is 11.6 Å². The van der Waals surface area contributed by atoms with Crippen LogP contribution in [0.15, 0.2) is 29.2 Å². The second-order valence-electron chi connectivity index (χ2n) is 4.87. The number of hydrogen-bond acceptors (Lipinski definition) is 4. The fourth-order valence-electron chi connectivity index (χ4n) is 2.48. The Balaban J connectivity index is 1.56. The molecule has 0 aliphatic carbocycles. The van der Waals surface area contributed by atoms with Crippen LogP contribution in [0.2, 0.25) is 0 Å². The van der Waals surface area contributed by atoms with Gasteiger partial charge in [0.25, 0.3) is 0 Å². The largest absolute Gasteiger partial charge is 0.378 e. The fraction of sp³-hybridized carbons (Fsp3) is 0.500. The number of amides is 1. The number of thioether (sulfide) groups is 1. The zero-order valence-electron chi connectivity index (χ0n) is 10.7. The molecule has 1 amide bonds. The Labute approximate surface area is 117 Å². The summed E-state index contributed by atoms with van der Waals surface area (Å²) in [6, 6.07) is 8.41. The Bertz CT molecular complexity index is 461. The summed E-state index contributed by atoms with van der Waals surface area (Å²) in [7, 11) is 0. The third-order valence-corrected chi connectivity index (χ3v) is 4.72. The van der Waals surface area contributed by atoms with Crippen molar-refractivity contribution in [3.63, 3.8) is 0 Å². The van der Waals surface area contributed by atoms with E-state index in [1.165, 1.54) is 4.90 Å². The van der Waals surface area contributed by atoms with Crippen molar-refractivity contribution < 1.29 is 9.53 Å². The molecule has 3 rings (SSSR count). The highest BCUT2D eigenvalue weighted by atomic mass is 32.2. The standard InChI is InChI=1S/C14H18N2O2S/c17-14(16-7-10-8-18-6-5-15-10)12-9-19-13-4-2-1-3-11(12)13/h1-4,10,12,15H,5-9H2,(H,16,17). The molecule has 1 saturated heterocycles. The van der Waals surface area contributed by atoms with E-state index in [0.29, 0.717) is 13.2 Å². The quantitative estimate of drug-likeness (QED) is 0.865. The van der Waals surface area contributed by atoms with Gasteiger partial charge in [-0.2, -0.15) is 0 Å². The summed E-state index contributed by atoms with van der Waals surface area (Å²) >= 11 is 1.76. The van der Waals surface area contributed by atoms with Crippen LogP contribution in [-0.2, 0) is 9.53 Å². The Morgan fingerprint density at radius 1 is 1.47 bits per heavy atom. The number of ether oxygens (including phenoxy) is 1. The van der Waals surface area contributed by atoms with E-state index in [2.05, 4.69) is 22.8 Å². The van der Waals surface area contributed by atoms with E-state index in [4.69, 9.17) is 4.74 Å². The van der Waals surface area contributed by atoms with E-state index in [-0.39, 0.29) is 17.9 Å². The number of morpholine rings is 1. The van der Waals surface area contributed by atoms with Crippen LogP contribution in [0.3, 0.4) is 0 Å². The lowest BCUT2D eigenvalue weighted by Gasteiger charge is -2.24. The smallest absolute Gasteiger partial charge is 0.228 e. The van der Waals surface area contributed by atoms with Crippen molar-refractivity contribution in [3.05, 3.63) is 29.8 Å². The minimum atomic E-state index is -0.00860. The van der Waals surface area contributed by atoms with E-state index >= 15 is 0 Å². The van der Waals surface area contributed by atoms with Crippen molar-refractivity contribution in [2.45, 2.75) is 16.9 Å². The highest BCUT2D eigenvalue weighted by Crippen LogP contribution is 2.39. The molecule has 2 heterocycles. The second kappa shape index (κ2) is 5.94. The summed E-state index contributed by atoms with van der Waals surface area (Å²) in [6.07, 6.45) is 0. The highest BCUT2D eigenvalue weighted by Gasteiger charge is 2.29. The molecule has 2 aliphatic rings. The molecular formula is C14H18N2O2S. The lowest BCUT2D eigenvalue weighted by Crippen LogP contribution is -2.49. The molecule has 2 atom stereocenters. The van der Waals surface area contributed by atoms with Gasteiger partial charge >= 0.3 is 0 Å². The van der Waals surface area contributed by atoms with Crippen molar-refractivity contribution in [2.75, 3.05) is 32.1 Å². The molecule has 0 bridgehead atoms. The Hall–Kier alpha value is -1.04. The number of rotatable bonds is 3. The summed E-state index contributed by atoms with van der Waals surface area (Å²) in [5.41, 5.74) is 1.16. The van der Waals surface area contributed by atoms with Crippen molar-refractivity contribution in [3.8, 4) is 0 Å². The van der Waals surface area contributed by atoms with Gasteiger partial charge in [-0.15, -0.1) is 11.8 Å². The van der Waals surface area contributed by atoms with Gasteiger partial charge in [-0.1, -0.05) is 18.2 Å². The van der Waals surface area contributed by atoms with Gasteiger partial charge < -0.3 is 15.4 Å². The molecule has 5 heteroatoms. The summed E-state index contributed by atoms with van der Waals surface area (Å²) < 4.78 is 5.38. The monoisotopic (exact) mass is 278 g/mol. The number of carbonyl (C=O) groups excluding carboxylic acids is 1. The first-order chi connectivity index (χ1) is 9.34. The number of nitrogens with one attached hydrogen (secondary N) is 2. The van der Waals surface area contributed by atoms with Gasteiger partial charge in [0.1, 0.15) is 0 Å². The molecule has 4 nitrogen and oxygen atoms in total. The first kappa shape index (κ1) is 13.0. The summed E-state index contributed by atoms with van der Waals surface area (Å²) in [5, 5.41) is 6.38. The average Bonchev–Trinajstić information content (AvgIpc) is 2.90. The molecule has 1 fully saturated rings. The van der Waals surface area contributed by atoms with Gasteiger partial charge in [0.2, 0.25) is 5.91 Å². The van der Waals surface area contributed by atoms with E-state index in [9.17, 15) is 4.79 Å². The van der Waals surface area contributed by atoms with Gasteiger partial charge in [0, 0.05) is 29.8 Å². The van der Waals surface area contributed by atoms with E-state index in [1.54, 1.807) is 11.8 Å². The molecule has 19 heavy (non-hydrogen) atoms. The van der Waals surface area contributed by atoms with E-state index < -0.39 is 0 Å². The predicted octanol–water partition coefficient (Wildman–Crippen LogP) is 0.980. The highest BCUT2D eigenvalue weighted by molar-refractivity contribution is 7.99. The van der Waals surface area contributed by atoms with Crippen LogP contribution in [0.1, 0.15) is 11.5 Å². The zero-order chi connectivity index (χ0) is 13.1. The third kappa shape index (κ3) is 2.94. The van der Waals surface area contributed by atoms with Crippen molar-refractivity contribution >= 4 is 17.7 Å². The van der Waals surface area contributed by atoms with Crippen molar-refractivity contribution in [1.29, 1.82) is 0 Å². The van der Waals surface area contributed by atoms with Crippen molar-refractivity contribution in [1.82, 2.24) is 10.6 Å². The maximum atomic E-state index is 12.3. The lowest BCUT2D eigenvalue weighted by atomic mass is 10.0. The number of benzene rings is 1. The Morgan fingerprint density at radius 2 is 2.37 bits per heavy atom. The fourth-order valence-corrected chi connectivity index (χ4v) is 3.71. The van der Waals surface area contributed by atoms with Crippen LogP contribution in [0.4, 0.5) is 0 Å². The Kier molecular flexibility index (Phi) is 4.06. The average molecular weight is 278 g/mol. The molecule has 0 spiro atoms. The maximum absolute atomic E-state index is 12.3. The molecule has 102 valence electrons. The van der Waals surface area contributed by atoms with Crippen LogP contribution in [0.25, 0.3) is 0 Å². The normalized spacial score (nSPS) is 25.9. The minimum Gasteiger partial charge on any atom is -0.378 e. The topological polar surface area (TPSA) is 50.4 Å². The molecule has 0 radical (unpaired) electrons. The van der Waals surface area contributed by atoms with Gasteiger partial charge in [0.05, 0.1) is 19.1 Å². The molecule has 0 saturated carbocycles. The molecule has 0 aromatic heterocycles. The molecular weight excluding hydrogens is 260 g/mol. The van der Waals surface area contributed by atoms with Gasteiger partial charge in [-0.3, -0.25) is 4.79 Å². The molecule has 2 aliphatic heterocycles. The number of carbonyl (C=O) groups is 1. The van der Waals surface area contributed by atoms with Gasteiger partial charge in [0.15, 0.2) is 0 Å². The molecule has 2 unspecified atom stereocenters. The predicted molar refractivity (Wildman–Crippen MR) is 75.5 cm³/mol. The van der Waals surface area contributed by atoms with Crippen LogP contribution < -0.4 is 10.6 Å². The zero-order valence-corrected chi connectivity index (χ0v) is 11.5. The maximum Gasteiger partial charge on any atom is 0.228 e. The number of hydrogen-bond donors (Lipinski definition) is 2. The minimum absolute atomic E-state index is 0.00860. The first-order valence-corrected chi connectivity index (χ1v) is 7.64. The van der Waals surface area contributed by atoms with Crippen LogP contribution in [0.5, 0.6) is 0 Å². The SMILES string of the molecule is O=C(NCC1COCCN1)C1CSc2ccccc21. The lowest BCUT2D eigenvalue weighted by molar-refractivity contribution is -0.122. The van der Waals surface area contributed by atoms with Crippen LogP contribution >= 0.6 is 11.8 Å². The van der Waals surface area contributed by atoms with Crippen LogP contribution in [0, 0.1) is 0 Å². The molecule has 1 aromatic carbocycles.